The lowest BCUT2D eigenvalue weighted by Gasteiger charge is -2.18. The molecule has 0 bridgehead atoms. The lowest BCUT2D eigenvalue weighted by molar-refractivity contribution is -0.116. The van der Waals surface area contributed by atoms with Crippen molar-refractivity contribution in [1.82, 2.24) is 13.9 Å². The Morgan fingerprint density at radius 1 is 1.13 bits per heavy atom. The largest absolute Gasteiger partial charge is 0.331 e. The van der Waals surface area contributed by atoms with Gasteiger partial charge in [0.05, 0.1) is 21.6 Å². The van der Waals surface area contributed by atoms with Crippen LogP contribution in [0.25, 0.3) is 11.0 Å². The number of aryl methyl sites for hydroxylation is 2. The smallest absolute Gasteiger partial charge is 0.243 e. The van der Waals surface area contributed by atoms with Crippen molar-refractivity contribution in [3.05, 3.63) is 53.9 Å². The minimum atomic E-state index is -3.61. The summed E-state index contributed by atoms with van der Waals surface area (Å²) in [5.41, 5.74) is 1.15. The first-order valence-corrected chi connectivity index (χ1v) is 11.3. The van der Waals surface area contributed by atoms with Crippen LogP contribution in [-0.4, -0.2) is 41.3 Å². The molecule has 1 aromatic heterocycles. The number of aromatic nitrogens is 2. The molecular weight excluding hydrogens is 426 g/mol. The number of imidazole rings is 1. The first-order valence-electron chi connectivity index (χ1n) is 9.87. The molecule has 0 saturated heterocycles. The summed E-state index contributed by atoms with van der Waals surface area (Å²) in [7, 11) is -1.83. The number of carbonyl (C=O) groups excluding carboxylic acids is 1. The van der Waals surface area contributed by atoms with Crippen LogP contribution in [0.5, 0.6) is 0 Å². The van der Waals surface area contributed by atoms with E-state index in [4.69, 9.17) is 0 Å². The van der Waals surface area contributed by atoms with Gasteiger partial charge in [-0.25, -0.2) is 22.2 Å². The van der Waals surface area contributed by atoms with Crippen molar-refractivity contribution in [2.45, 2.75) is 31.6 Å². The van der Waals surface area contributed by atoms with Crippen molar-refractivity contribution in [2.24, 2.45) is 7.05 Å². The second kappa shape index (κ2) is 9.11. The maximum Gasteiger partial charge on any atom is 0.243 e. The van der Waals surface area contributed by atoms with E-state index in [9.17, 15) is 22.0 Å². The molecule has 1 heterocycles. The Morgan fingerprint density at radius 3 is 2.48 bits per heavy atom. The fraction of sp³-hybridized carbons (Fsp3) is 0.333. The Labute approximate surface area is 179 Å². The molecule has 1 N–H and O–H groups in total. The fourth-order valence-electron chi connectivity index (χ4n) is 3.36. The van der Waals surface area contributed by atoms with Crippen molar-refractivity contribution in [1.29, 1.82) is 0 Å². The molecule has 166 valence electrons. The fourth-order valence-corrected chi connectivity index (χ4v) is 4.83. The van der Waals surface area contributed by atoms with Gasteiger partial charge in [0.1, 0.15) is 17.5 Å². The van der Waals surface area contributed by atoms with Crippen LogP contribution in [0.4, 0.5) is 14.5 Å². The van der Waals surface area contributed by atoms with E-state index in [1.807, 2.05) is 0 Å². The van der Waals surface area contributed by atoms with Crippen molar-refractivity contribution < 1.29 is 22.0 Å². The maximum absolute atomic E-state index is 13.7. The van der Waals surface area contributed by atoms with Gasteiger partial charge in [0.25, 0.3) is 0 Å². The minimum absolute atomic E-state index is 0.0264. The maximum atomic E-state index is 13.7. The van der Waals surface area contributed by atoms with E-state index in [1.165, 1.54) is 10.4 Å². The number of benzene rings is 2. The normalized spacial score (nSPS) is 11.9. The van der Waals surface area contributed by atoms with Gasteiger partial charge in [-0.05, 0) is 30.3 Å². The molecule has 31 heavy (non-hydrogen) atoms. The number of carbonyl (C=O) groups is 1. The summed E-state index contributed by atoms with van der Waals surface area (Å²) in [4.78, 5) is 16.8. The number of nitrogens with zero attached hydrogens (tertiary/aromatic N) is 3. The molecule has 0 unspecified atom stereocenters. The molecule has 3 rings (SSSR count). The Kier molecular flexibility index (Phi) is 6.71. The molecule has 0 aliphatic heterocycles. The third-order valence-corrected chi connectivity index (χ3v) is 7.11. The molecule has 10 heteroatoms. The van der Waals surface area contributed by atoms with E-state index in [0.717, 1.165) is 17.6 Å². The molecule has 7 nitrogen and oxygen atoms in total. The van der Waals surface area contributed by atoms with Gasteiger partial charge in [-0.3, -0.25) is 4.79 Å². The van der Waals surface area contributed by atoms with Crippen LogP contribution in [0.3, 0.4) is 0 Å². The molecule has 0 aliphatic carbocycles. The Hall–Kier alpha value is -2.85. The van der Waals surface area contributed by atoms with Gasteiger partial charge in [-0.1, -0.05) is 13.8 Å². The first-order chi connectivity index (χ1) is 14.7. The van der Waals surface area contributed by atoms with Crippen molar-refractivity contribution in [3.8, 4) is 0 Å². The summed E-state index contributed by atoms with van der Waals surface area (Å²) in [5, 5.41) is 2.41. The standard InChI is InChI=1S/C21H24F2N4O3S/c1-4-27(5-2)31(29,30)15-7-9-19-18(13-15)24-20(26(19)3)10-11-21(28)25-17-8-6-14(22)12-16(17)23/h6-9,12-13H,4-5,10-11H2,1-3H3,(H,25,28). The highest BCUT2D eigenvalue weighted by atomic mass is 32.2. The zero-order valence-electron chi connectivity index (χ0n) is 17.5. The summed E-state index contributed by atoms with van der Waals surface area (Å²) >= 11 is 0. The number of amides is 1. The Morgan fingerprint density at radius 2 is 1.84 bits per heavy atom. The third-order valence-electron chi connectivity index (χ3n) is 5.07. The van der Waals surface area contributed by atoms with E-state index in [2.05, 4.69) is 10.3 Å². The topological polar surface area (TPSA) is 84.3 Å². The lowest BCUT2D eigenvalue weighted by atomic mass is 10.2. The molecule has 3 aromatic rings. The molecule has 0 fully saturated rings. The Bertz CT molecular complexity index is 1220. The predicted octanol–water partition coefficient (Wildman–Crippen LogP) is 3.45. The average Bonchev–Trinajstić information content (AvgIpc) is 3.04. The number of halogens is 2. The molecule has 0 spiro atoms. The highest BCUT2D eigenvalue weighted by Gasteiger charge is 2.23. The van der Waals surface area contributed by atoms with E-state index in [0.29, 0.717) is 30.5 Å². The van der Waals surface area contributed by atoms with E-state index in [-0.39, 0.29) is 23.4 Å². The monoisotopic (exact) mass is 450 g/mol. The molecule has 0 radical (unpaired) electrons. The quantitative estimate of drug-likeness (QED) is 0.570. The van der Waals surface area contributed by atoms with Gasteiger partial charge < -0.3 is 9.88 Å². The van der Waals surface area contributed by atoms with Crippen LogP contribution in [0.2, 0.25) is 0 Å². The first kappa shape index (κ1) is 22.8. The summed E-state index contributed by atoms with van der Waals surface area (Å²) in [5.74, 6) is -1.43. The van der Waals surface area contributed by atoms with Crippen LogP contribution >= 0.6 is 0 Å². The summed E-state index contributed by atoms with van der Waals surface area (Å²) < 4.78 is 55.3. The van der Waals surface area contributed by atoms with Gasteiger partial charge >= 0.3 is 0 Å². The van der Waals surface area contributed by atoms with Gasteiger partial charge in [0.2, 0.25) is 15.9 Å². The third kappa shape index (κ3) is 4.75. The predicted molar refractivity (Wildman–Crippen MR) is 114 cm³/mol. The number of rotatable bonds is 8. The van der Waals surface area contributed by atoms with Crippen LogP contribution in [0, 0.1) is 11.6 Å². The highest BCUT2D eigenvalue weighted by molar-refractivity contribution is 7.89. The number of sulfonamides is 1. The second-order valence-electron chi connectivity index (χ2n) is 7.00. The van der Waals surface area contributed by atoms with Crippen LogP contribution in [0.1, 0.15) is 26.1 Å². The van der Waals surface area contributed by atoms with Crippen LogP contribution < -0.4 is 5.32 Å². The number of anilines is 1. The number of hydrogen-bond acceptors (Lipinski definition) is 4. The van der Waals surface area contributed by atoms with E-state index < -0.39 is 27.6 Å². The highest BCUT2D eigenvalue weighted by Crippen LogP contribution is 2.23. The molecule has 0 saturated carbocycles. The number of fused-ring (bicyclic) bond motifs is 1. The van der Waals surface area contributed by atoms with Crippen molar-refractivity contribution >= 4 is 32.7 Å². The SMILES string of the molecule is CCN(CC)S(=O)(=O)c1ccc2c(c1)nc(CCC(=O)Nc1ccc(F)cc1F)n2C. The molecule has 0 atom stereocenters. The van der Waals surface area contributed by atoms with Gasteiger partial charge in [-0.15, -0.1) is 0 Å². The average molecular weight is 451 g/mol. The van der Waals surface area contributed by atoms with Crippen molar-refractivity contribution in [3.63, 3.8) is 0 Å². The summed E-state index contributed by atoms with van der Waals surface area (Å²) in [6, 6.07) is 7.69. The zero-order valence-corrected chi connectivity index (χ0v) is 18.3. The molecule has 1 amide bonds. The van der Waals surface area contributed by atoms with Gasteiger partial charge in [0.15, 0.2) is 0 Å². The summed E-state index contributed by atoms with van der Waals surface area (Å²) in [6.07, 6.45) is 0.288. The zero-order chi connectivity index (χ0) is 22.8. The summed E-state index contributed by atoms with van der Waals surface area (Å²) in [6.45, 7) is 4.30. The van der Waals surface area contributed by atoms with E-state index >= 15 is 0 Å². The minimum Gasteiger partial charge on any atom is -0.331 e. The lowest BCUT2D eigenvalue weighted by Crippen LogP contribution is -2.30. The molecule has 0 aliphatic rings. The number of hydrogen-bond donors (Lipinski definition) is 1. The second-order valence-corrected chi connectivity index (χ2v) is 8.94. The molecular formula is C21H24F2N4O3S. The van der Waals surface area contributed by atoms with Crippen LogP contribution in [0.15, 0.2) is 41.3 Å². The van der Waals surface area contributed by atoms with E-state index in [1.54, 1.807) is 37.6 Å². The number of nitrogens with one attached hydrogen (secondary N) is 1. The van der Waals surface area contributed by atoms with Crippen molar-refractivity contribution in [2.75, 3.05) is 18.4 Å². The Balaban J connectivity index is 1.77. The molecule has 2 aromatic carbocycles. The van der Waals surface area contributed by atoms with Gasteiger partial charge in [0, 0.05) is 39.0 Å². The van der Waals surface area contributed by atoms with Crippen LogP contribution in [-0.2, 0) is 28.3 Å². The van der Waals surface area contributed by atoms with Gasteiger partial charge in [-0.2, -0.15) is 4.31 Å².